The highest BCUT2D eigenvalue weighted by molar-refractivity contribution is 5.75. The summed E-state index contributed by atoms with van der Waals surface area (Å²) in [6.07, 6.45) is 1.75. The highest BCUT2D eigenvalue weighted by atomic mass is 16.6. The fourth-order valence-electron chi connectivity index (χ4n) is 3.05. The van der Waals surface area contributed by atoms with Crippen molar-refractivity contribution in [3.05, 3.63) is 18.2 Å². The fraction of sp³-hybridized carbons (Fsp3) is 0.588. The summed E-state index contributed by atoms with van der Waals surface area (Å²) in [6, 6.07) is 5.06. The smallest absolute Gasteiger partial charge is 0.410 e. The van der Waals surface area contributed by atoms with Gasteiger partial charge in [-0.1, -0.05) is 5.21 Å². The van der Waals surface area contributed by atoms with Gasteiger partial charge in [0.05, 0.1) is 5.52 Å². The summed E-state index contributed by atoms with van der Waals surface area (Å²) in [5.74, 6) is 0.494. The molecule has 1 aromatic heterocycles. The maximum absolute atomic E-state index is 12.3. The average Bonchev–Trinajstić information content (AvgIpc) is 2.88. The molecule has 1 saturated heterocycles. The van der Waals surface area contributed by atoms with Gasteiger partial charge in [0.1, 0.15) is 16.9 Å². The van der Waals surface area contributed by atoms with E-state index in [1.165, 1.54) is 0 Å². The Morgan fingerprint density at radius 3 is 2.96 bits per heavy atom. The van der Waals surface area contributed by atoms with Crippen LogP contribution in [0, 0.1) is 5.92 Å². The zero-order valence-electron chi connectivity index (χ0n) is 14.4. The minimum atomic E-state index is -0.478. The molecular formula is C17H24N4O3. The van der Waals surface area contributed by atoms with Gasteiger partial charge in [0.25, 0.3) is 0 Å². The number of piperidine rings is 1. The predicted octanol–water partition coefficient (Wildman–Crippen LogP) is 2.78. The monoisotopic (exact) mass is 332 g/mol. The van der Waals surface area contributed by atoms with E-state index in [1.807, 2.05) is 31.5 Å². The highest BCUT2D eigenvalue weighted by Gasteiger charge is 2.28. The third kappa shape index (κ3) is 3.77. The lowest BCUT2D eigenvalue weighted by Crippen LogP contribution is -2.43. The molecule has 0 radical (unpaired) electrons. The Morgan fingerprint density at radius 2 is 2.21 bits per heavy atom. The van der Waals surface area contributed by atoms with E-state index < -0.39 is 5.60 Å². The summed E-state index contributed by atoms with van der Waals surface area (Å²) in [5, 5.41) is 17.8. The van der Waals surface area contributed by atoms with E-state index >= 15 is 0 Å². The maximum atomic E-state index is 12.3. The summed E-state index contributed by atoms with van der Waals surface area (Å²) in [5.41, 5.74) is 1.09. The van der Waals surface area contributed by atoms with E-state index in [9.17, 15) is 9.90 Å². The van der Waals surface area contributed by atoms with Crippen LogP contribution in [-0.4, -0.2) is 49.8 Å². The van der Waals surface area contributed by atoms with Crippen LogP contribution in [0.25, 0.3) is 11.0 Å². The summed E-state index contributed by atoms with van der Waals surface area (Å²) in [7, 11) is 0. The molecule has 7 nitrogen and oxygen atoms in total. The van der Waals surface area contributed by atoms with Crippen LogP contribution in [0.15, 0.2) is 18.2 Å². The Bertz CT molecular complexity index is 735. The normalized spacial score (nSPS) is 18.8. The summed E-state index contributed by atoms with van der Waals surface area (Å²) in [4.78, 5) is 14.0. The van der Waals surface area contributed by atoms with Crippen LogP contribution >= 0.6 is 0 Å². The third-order valence-corrected chi connectivity index (χ3v) is 4.10. The molecule has 7 heteroatoms. The number of carbonyl (C=O) groups is 1. The van der Waals surface area contributed by atoms with Crippen molar-refractivity contribution in [1.82, 2.24) is 19.9 Å². The molecule has 0 spiro atoms. The average molecular weight is 332 g/mol. The number of phenols is 1. The number of fused-ring (bicyclic) bond motifs is 1. The Kier molecular flexibility index (Phi) is 4.34. The van der Waals surface area contributed by atoms with Crippen molar-refractivity contribution in [3.8, 4) is 5.75 Å². The molecule has 2 aromatic rings. The van der Waals surface area contributed by atoms with Crippen molar-refractivity contribution < 1.29 is 14.6 Å². The number of amides is 1. The Labute approximate surface area is 141 Å². The molecule has 3 rings (SSSR count). The zero-order chi connectivity index (χ0) is 17.3. The van der Waals surface area contributed by atoms with Gasteiger partial charge in [0.2, 0.25) is 0 Å². The number of rotatable bonds is 2. The number of likely N-dealkylation sites (tertiary alicyclic amines) is 1. The van der Waals surface area contributed by atoms with Crippen LogP contribution < -0.4 is 0 Å². The lowest BCUT2D eigenvalue weighted by Gasteiger charge is -2.34. The molecule has 1 fully saturated rings. The van der Waals surface area contributed by atoms with Crippen molar-refractivity contribution in [2.45, 2.75) is 45.8 Å². The number of aromatic nitrogens is 3. The number of ether oxygens (including phenoxy) is 1. The van der Waals surface area contributed by atoms with Gasteiger partial charge in [-0.3, -0.25) is 0 Å². The summed E-state index contributed by atoms with van der Waals surface area (Å²) in [6.45, 7) is 7.72. The van der Waals surface area contributed by atoms with Crippen LogP contribution in [0.4, 0.5) is 4.79 Å². The number of benzene rings is 1. The number of hydrogen-bond acceptors (Lipinski definition) is 5. The Hall–Kier alpha value is -2.31. The first-order valence-electron chi connectivity index (χ1n) is 8.32. The lowest BCUT2D eigenvalue weighted by molar-refractivity contribution is 0.0155. The quantitative estimate of drug-likeness (QED) is 0.914. The molecule has 0 saturated carbocycles. The first kappa shape index (κ1) is 16.5. The molecule has 130 valence electrons. The van der Waals surface area contributed by atoms with Crippen LogP contribution in [0.5, 0.6) is 5.75 Å². The second kappa shape index (κ2) is 6.30. The molecule has 2 heterocycles. The molecule has 1 aliphatic heterocycles. The molecule has 1 aromatic carbocycles. The van der Waals surface area contributed by atoms with Crippen LogP contribution in [0.2, 0.25) is 0 Å². The first-order chi connectivity index (χ1) is 11.3. The SMILES string of the molecule is CC(C)(C)OC(=O)N1CCCC(Cn2nnc3cc(O)ccc32)C1. The summed E-state index contributed by atoms with van der Waals surface area (Å²) >= 11 is 0. The molecule has 1 unspecified atom stereocenters. The second-order valence-corrected chi connectivity index (χ2v) is 7.38. The number of nitrogens with zero attached hydrogens (tertiary/aromatic N) is 4. The third-order valence-electron chi connectivity index (χ3n) is 4.10. The van der Waals surface area contributed by atoms with E-state index in [4.69, 9.17) is 4.74 Å². The molecule has 1 aliphatic rings. The summed E-state index contributed by atoms with van der Waals surface area (Å²) < 4.78 is 7.31. The standard InChI is InChI=1S/C17H24N4O3/c1-17(2,3)24-16(23)20-8-4-5-12(10-20)11-21-15-7-6-13(22)9-14(15)18-19-21/h6-7,9,12,22H,4-5,8,10-11H2,1-3H3. The minimum Gasteiger partial charge on any atom is -0.508 e. The molecule has 1 N–H and O–H groups in total. The van der Waals surface area contributed by atoms with Gasteiger partial charge in [-0.05, 0) is 51.7 Å². The number of aromatic hydroxyl groups is 1. The van der Waals surface area contributed by atoms with Crippen molar-refractivity contribution in [3.63, 3.8) is 0 Å². The highest BCUT2D eigenvalue weighted by Crippen LogP contribution is 2.23. The Morgan fingerprint density at radius 1 is 1.42 bits per heavy atom. The minimum absolute atomic E-state index is 0.184. The number of hydrogen-bond donors (Lipinski definition) is 1. The van der Waals surface area contributed by atoms with Gasteiger partial charge in [-0.15, -0.1) is 5.10 Å². The fourth-order valence-corrected chi connectivity index (χ4v) is 3.05. The maximum Gasteiger partial charge on any atom is 0.410 e. The molecule has 1 atom stereocenters. The molecule has 0 bridgehead atoms. The van der Waals surface area contributed by atoms with Crippen LogP contribution in [0.3, 0.4) is 0 Å². The Balaban J connectivity index is 1.67. The van der Waals surface area contributed by atoms with Crippen LogP contribution in [-0.2, 0) is 11.3 Å². The van der Waals surface area contributed by atoms with Gasteiger partial charge in [0.15, 0.2) is 0 Å². The van der Waals surface area contributed by atoms with E-state index in [0.717, 1.165) is 24.9 Å². The molecule has 1 amide bonds. The molecule has 24 heavy (non-hydrogen) atoms. The van der Waals surface area contributed by atoms with Crippen molar-refractivity contribution in [2.75, 3.05) is 13.1 Å². The van der Waals surface area contributed by atoms with Crippen molar-refractivity contribution in [1.29, 1.82) is 0 Å². The lowest BCUT2D eigenvalue weighted by atomic mass is 9.98. The van der Waals surface area contributed by atoms with E-state index in [0.29, 0.717) is 24.5 Å². The number of carbonyl (C=O) groups excluding carboxylic acids is 1. The van der Waals surface area contributed by atoms with Crippen molar-refractivity contribution >= 4 is 17.1 Å². The van der Waals surface area contributed by atoms with Crippen molar-refractivity contribution in [2.24, 2.45) is 5.92 Å². The van der Waals surface area contributed by atoms with Gasteiger partial charge >= 0.3 is 6.09 Å². The van der Waals surface area contributed by atoms with Gasteiger partial charge in [0, 0.05) is 25.7 Å². The first-order valence-corrected chi connectivity index (χ1v) is 8.32. The number of phenolic OH excluding ortho intramolecular Hbond substituents is 1. The second-order valence-electron chi connectivity index (χ2n) is 7.38. The van der Waals surface area contributed by atoms with Gasteiger partial charge in [-0.2, -0.15) is 0 Å². The van der Waals surface area contributed by atoms with Gasteiger partial charge in [-0.25, -0.2) is 9.48 Å². The largest absolute Gasteiger partial charge is 0.508 e. The van der Waals surface area contributed by atoms with E-state index in [-0.39, 0.29) is 11.8 Å². The zero-order valence-corrected chi connectivity index (χ0v) is 14.4. The van der Waals surface area contributed by atoms with E-state index in [2.05, 4.69) is 10.3 Å². The topological polar surface area (TPSA) is 80.5 Å². The van der Waals surface area contributed by atoms with E-state index in [1.54, 1.807) is 17.0 Å². The predicted molar refractivity (Wildman–Crippen MR) is 89.7 cm³/mol. The molecule has 0 aliphatic carbocycles. The van der Waals surface area contributed by atoms with Gasteiger partial charge < -0.3 is 14.7 Å². The molecular weight excluding hydrogens is 308 g/mol. The van der Waals surface area contributed by atoms with Crippen LogP contribution in [0.1, 0.15) is 33.6 Å².